The van der Waals surface area contributed by atoms with E-state index in [2.05, 4.69) is 15.3 Å². The topological polar surface area (TPSA) is 80.9 Å². The maximum Gasteiger partial charge on any atom is 0.271 e. The van der Waals surface area contributed by atoms with Gasteiger partial charge in [0.05, 0.1) is 11.9 Å². The Bertz CT molecular complexity index is 309. The van der Waals surface area contributed by atoms with Crippen LogP contribution >= 0.6 is 0 Å². The third-order valence-corrected chi connectivity index (χ3v) is 1.74. The van der Waals surface area contributed by atoms with Crippen molar-refractivity contribution in [2.75, 3.05) is 6.54 Å². The molecule has 0 saturated carbocycles. The van der Waals surface area contributed by atoms with Crippen molar-refractivity contribution in [3.8, 4) is 0 Å². The van der Waals surface area contributed by atoms with Gasteiger partial charge in [-0.25, -0.2) is 4.98 Å². The molecule has 1 aromatic heterocycles. The number of nitrogens with one attached hydrogen (secondary N) is 1. The first-order valence-corrected chi connectivity index (χ1v) is 4.43. The summed E-state index contributed by atoms with van der Waals surface area (Å²) in [5, 5.41) is 2.70. The summed E-state index contributed by atoms with van der Waals surface area (Å²) in [7, 11) is 0. The second-order valence-electron chi connectivity index (χ2n) is 3.15. The lowest BCUT2D eigenvalue weighted by Gasteiger charge is -2.10. The van der Waals surface area contributed by atoms with E-state index in [1.54, 1.807) is 6.20 Å². The fraction of sp³-hybridized carbons (Fsp3) is 0.444. The highest BCUT2D eigenvalue weighted by Crippen LogP contribution is 1.94. The fourth-order valence-electron chi connectivity index (χ4n) is 0.866. The Balaban J connectivity index is 2.65. The van der Waals surface area contributed by atoms with Crippen LogP contribution in [0.25, 0.3) is 0 Å². The van der Waals surface area contributed by atoms with Gasteiger partial charge >= 0.3 is 0 Å². The summed E-state index contributed by atoms with van der Waals surface area (Å²) >= 11 is 0. The molecule has 5 heteroatoms. The summed E-state index contributed by atoms with van der Waals surface area (Å²) in [4.78, 5) is 19.4. The standard InChI is InChI=1S/C9H14N4O/c1-6(3-10)13-9(14)8-5-11-7(2)4-12-8/h4-6H,3,10H2,1-2H3,(H,13,14). The van der Waals surface area contributed by atoms with Crippen molar-refractivity contribution >= 4 is 5.91 Å². The Morgan fingerprint density at radius 1 is 1.57 bits per heavy atom. The highest BCUT2D eigenvalue weighted by atomic mass is 16.1. The molecule has 0 aliphatic carbocycles. The van der Waals surface area contributed by atoms with Gasteiger partial charge in [-0.3, -0.25) is 9.78 Å². The van der Waals surface area contributed by atoms with Crippen molar-refractivity contribution in [1.82, 2.24) is 15.3 Å². The van der Waals surface area contributed by atoms with Crippen LogP contribution in [-0.4, -0.2) is 28.5 Å². The normalized spacial score (nSPS) is 12.2. The SMILES string of the molecule is Cc1cnc(C(=O)NC(C)CN)cn1. The molecule has 3 N–H and O–H groups in total. The van der Waals surface area contributed by atoms with Gasteiger partial charge in [0.1, 0.15) is 5.69 Å². The van der Waals surface area contributed by atoms with Crippen LogP contribution in [0.3, 0.4) is 0 Å². The van der Waals surface area contributed by atoms with Crippen LogP contribution in [0.5, 0.6) is 0 Å². The van der Waals surface area contributed by atoms with E-state index in [0.29, 0.717) is 12.2 Å². The summed E-state index contributed by atoms with van der Waals surface area (Å²) in [6.07, 6.45) is 3.01. The Morgan fingerprint density at radius 3 is 2.79 bits per heavy atom. The van der Waals surface area contributed by atoms with Crippen molar-refractivity contribution in [3.63, 3.8) is 0 Å². The molecule has 0 aromatic carbocycles. The van der Waals surface area contributed by atoms with Crippen LogP contribution in [0.2, 0.25) is 0 Å². The number of nitrogens with two attached hydrogens (primary N) is 1. The van der Waals surface area contributed by atoms with Crippen LogP contribution in [0.4, 0.5) is 0 Å². The lowest BCUT2D eigenvalue weighted by molar-refractivity contribution is 0.0936. The third-order valence-electron chi connectivity index (χ3n) is 1.74. The first-order valence-electron chi connectivity index (χ1n) is 4.43. The number of hydrogen-bond acceptors (Lipinski definition) is 4. The molecule has 1 amide bonds. The van der Waals surface area contributed by atoms with Crippen molar-refractivity contribution in [3.05, 3.63) is 23.8 Å². The minimum atomic E-state index is -0.240. The maximum atomic E-state index is 11.5. The van der Waals surface area contributed by atoms with Gasteiger partial charge in [0.25, 0.3) is 5.91 Å². The van der Waals surface area contributed by atoms with Crippen LogP contribution in [0.1, 0.15) is 23.1 Å². The molecule has 1 atom stereocenters. The molecular weight excluding hydrogens is 180 g/mol. The predicted molar refractivity (Wildman–Crippen MR) is 52.8 cm³/mol. The lowest BCUT2D eigenvalue weighted by atomic mass is 10.3. The molecular formula is C9H14N4O. The Labute approximate surface area is 82.7 Å². The third kappa shape index (κ3) is 2.77. The number of aryl methyl sites for hydroxylation is 1. The number of carbonyl (C=O) groups excluding carboxylic acids is 1. The van der Waals surface area contributed by atoms with Gasteiger partial charge < -0.3 is 11.1 Å². The van der Waals surface area contributed by atoms with E-state index in [-0.39, 0.29) is 11.9 Å². The van der Waals surface area contributed by atoms with Gasteiger partial charge in [0.15, 0.2) is 0 Å². The van der Waals surface area contributed by atoms with Gasteiger partial charge in [0.2, 0.25) is 0 Å². The van der Waals surface area contributed by atoms with E-state index in [9.17, 15) is 4.79 Å². The molecule has 0 spiro atoms. The van der Waals surface area contributed by atoms with E-state index < -0.39 is 0 Å². The fourth-order valence-corrected chi connectivity index (χ4v) is 0.866. The first kappa shape index (κ1) is 10.6. The van der Waals surface area contributed by atoms with E-state index >= 15 is 0 Å². The second-order valence-corrected chi connectivity index (χ2v) is 3.15. The van der Waals surface area contributed by atoms with Gasteiger partial charge in [-0.2, -0.15) is 0 Å². The number of amides is 1. The van der Waals surface area contributed by atoms with Gasteiger partial charge in [-0.1, -0.05) is 0 Å². The van der Waals surface area contributed by atoms with E-state index in [4.69, 9.17) is 5.73 Å². The zero-order valence-electron chi connectivity index (χ0n) is 8.32. The molecule has 0 fully saturated rings. The number of nitrogens with zero attached hydrogens (tertiary/aromatic N) is 2. The molecule has 14 heavy (non-hydrogen) atoms. The number of aromatic nitrogens is 2. The van der Waals surface area contributed by atoms with Crippen LogP contribution in [-0.2, 0) is 0 Å². The molecule has 0 radical (unpaired) electrons. The molecule has 0 aliphatic rings. The minimum Gasteiger partial charge on any atom is -0.347 e. The van der Waals surface area contributed by atoms with Gasteiger partial charge in [-0.15, -0.1) is 0 Å². The molecule has 0 saturated heterocycles. The maximum absolute atomic E-state index is 11.5. The van der Waals surface area contributed by atoms with E-state index in [1.807, 2.05) is 13.8 Å². The molecule has 1 unspecified atom stereocenters. The number of carbonyl (C=O) groups is 1. The van der Waals surface area contributed by atoms with Crippen molar-refractivity contribution < 1.29 is 4.79 Å². The second kappa shape index (κ2) is 4.66. The molecule has 0 aliphatic heterocycles. The van der Waals surface area contributed by atoms with E-state index in [1.165, 1.54) is 6.20 Å². The smallest absolute Gasteiger partial charge is 0.271 e. The minimum absolute atomic E-state index is 0.0504. The van der Waals surface area contributed by atoms with Crippen LogP contribution in [0, 0.1) is 6.92 Å². The number of rotatable bonds is 3. The number of hydrogen-bond donors (Lipinski definition) is 2. The predicted octanol–water partition coefficient (Wildman–Crippen LogP) is -0.138. The van der Waals surface area contributed by atoms with Crippen LogP contribution < -0.4 is 11.1 Å². The van der Waals surface area contributed by atoms with Gasteiger partial charge in [0, 0.05) is 18.8 Å². The van der Waals surface area contributed by atoms with Crippen molar-refractivity contribution in [2.24, 2.45) is 5.73 Å². The molecule has 0 bridgehead atoms. The van der Waals surface area contributed by atoms with Crippen molar-refractivity contribution in [1.29, 1.82) is 0 Å². The van der Waals surface area contributed by atoms with Crippen molar-refractivity contribution in [2.45, 2.75) is 19.9 Å². The molecule has 5 nitrogen and oxygen atoms in total. The monoisotopic (exact) mass is 194 g/mol. The Hall–Kier alpha value is -1.49. The largest absolute Gasteiger partial charge is 0.347 e. The Morgan fingerprint density at radius 2 is 2.29 bits per heavy atom. The summed E-state index contributed by atoms with van der Waals surface area (Å²) in [6, 6.07) is -0.0504. The summed E-state index contributed by atoms with van der Waals surface area (Å²) in [5.41, 5.74) is 6.47. The average molecular weight is 194 g/mol. The highest BCUT2D eigenvalue weighted by Gasteiger charge is 2.09. The molecule has 1 heterocycles. The molecule has 76 valence electrons. The Kier molecular flexibility index (Phi) is 3.53. The summed E-state index contributed by atoms with van der Waals surface area (Å²) in [5.74, 6) is -0.240. The molecule has 1 aromatic rings. The lowest BCUT2D eigenvalue weighted by Crippen LogP contribution is -2.38. The average Bonchev–Trinajstić information content (AvgIpc) is 2.18. The zero-order chi connectivity index (χ0) is 10.6. The summed E-state index contributed by atoms with van der Waals surface area (Å²) in [6.45, 7) is 4.06. The molecule has 1 rings (SSSR count). The highest BCUT2D eigenvalue weighted by molar-refractivity contribution is 5.92. The first-order chi connectivity index (χ1) is 6.63. The van der Waals surface area contributed by atoms with Crippen LogP contribution in [0.15, 0.2) is 12.4 Å². The zero-order valence-corrected chi connectivity index (χ0v) is 8.32. The van der Waals surface area contributed by atoms with Gasteiger partial charge in [-0.05, 0) is 13.8 Å². The summed E-state index contributed by atoms with van der Waals surface area (Å²) < 4.78 is 0. The van der Waals surface area contributed by atoms with E-state index in [0.717, 1.165) is 5.69 Å². The quantitative estimate of drug-likeness (QED) is 0.702.